The topological polar surface area (TPSA) is 61.3 Å². The van der Waals surface area contributed by atoms with Gasteiger partial charge in [0.1, 0.15) is 11.5 Å². The quantitative estimate of drug-likeness (QED) is 0.854. The molecular weight excluding hydrogens is 272 g/mol. The molecule has 0 aromatic heterocycles. The van der Waals surface area contributed by atoms with Crippen molar-refractivity contribution in [2.75, 3.05) is 6.54 Å². The SMILES string of the molecule is Cl.NCCC[C@H](N)c1ccc(Oc2ccccc2)cc1. The number of rotatable bonds is 6. The molecule has 1 atom stereocenters. The van der Waals surface area contributed by atoms with E-state index in [1.807, 2.05) is 54.6 Å². The first kappa shape index (κ1) is 16.5. The maximum Gasteiger partial charge on any atom is 0.127 e. The molecule has 4 N–H and O–H groups in total. The Morgan fingerprint density at radius 1 is 0.900 bits per heavy atom. The third-order valence-corrected chi connectivity index (χ3v) is 3.01. The van der Waals surface area contributed by atoms with E-state index in [4.69, 9.17) is 16.2 Å². The van der Waals surface area contributed by atoms with Gasteiger partial charge in [-0.15, -0.1) is 12.4 Å². The van der Waals surface area contributed by atoms with Crippen molar-refractivity contribution >= 4 is 12.4 Å². The van der Waals surface area contributed by atoms with Gasteiger partial charge in [-0.1, -0.05) is 30.3 Å². The zero-order valence-corrected chi connectivity index (χ0v) is 12.2. The van der Waals surface area contributed by atoms with Crippen LogP contribution in [0.5, 0.6) is 11.5 Å². The summed E-state index contributed by atoms with van der Waals surface area (Å²) in [5, 5.41) is 0. The lowest BCUT2D eigenvalue weighted by Gasteiger charge is -2.12. The van der Waals surface area contributed by atoms with Crippen LogP contribution in [0.25, 0.3) is 0 Å². The molecule has 2 aromatic rings. The summed E-state index contributed by atoms with van der Waals surface area (Å²) in [7, 11) is 0. The van der Waals surface area contributed by atoms with Crippen LogP contribution in [-0.2, 0) is 0 Å². The number of para-hydroxylation sites is 1. The van der Waals surface area contributed by atoms with E-state index in [-0.39, 0.29) is 18.4 Å². The van der Waals surface area contributed by atoms with Crippen LogP contribution >= 0.6 is 12.4 Å². The summed E-state index contributed by atoms with van der Waals surface area (Å²) in [6.45, 7) is 0.683. The maximum absolute atomic E-state index is 6.09. The van der Waals surface area contributed by atoms with Crippen molar-refractivity contribution in [3.05, 3.63) is 60.2 Å². The van der Waals surface area contributed by atoms with E-state index < -0.39 is 0 Å². The van der Waals surface area contributed by atoms with E-state index in [1.54, 1.807) is 0 Å². The Labute approximate surface area is 126 Å². The van der Waals surface area contributed by atoms with Gasteiger partial charge in [0.25, 0.3) is 0 Å². The van der Waals surface area contributed by atoms with Crippen LogP contribution in [0, 0.1) is 0 Å². The van der Waals surface area contributed by atoms with Gasteiger partial charge >= 0.3 is 0 Å². The first-order valence-corrected chi connectivity index (χ1v) is 6.58. The van der Waals surface area contributed by atoms with Crippen molar-refractivity contribution in [2.45, 2.75) is 18.9 Å². The third kappa shape index (κ3) is 4.85. The highest BCUT2D eigenvalue weighted by Gasteiger charge is 2.05. The third-order valence-electron chi connectivity index (χ3n) is 3.01. The average Bonchev–Trinajstić information content (AvgIpc) is 2.46. The fourth-order valence-corrected chi connectivity index (χ4v) is 1.91. The maximum atomic E-state index is 6.09. The summed E-state index contributed by atoms with van der Waals surface area (Å²) in [6.07, 6.45) is 1.86. The Morgan fingerprint density at radius 3 is 2.10 bits per heavy atom. The first-order chi connectivity index (χ1) is 9.29. The number of ether oxygens (including phenoxy) is 1. The second-order valence-electron chi connectivity index (χ2n) is 4.52. The molecule has 108 valence electrons. The number of nitrogens with two attached hydrogens (primary N) is 2. The zero-order chi connectivity index (χ0) is 13.5. The molecule has 3 nitrogen and oxygen atoms in total. The monoisotopic (exact) mass is 292 g/mol. The Bertz CT molecular complexity index is 488. The molecule has 2 aromatic carbocycles. The minimum absolute atomic E-state index is 0. The Kier molecular flexibility index (Phi) is 7.09. The second kappa shape index (κ2) is 8.59. The molecule has 20 heavy (non-hydrogen) atoms. The van der Waals surface area contributed by atoms with E-state index in [2.05, 4.69) is 0 Å². The highest BCUT2D eigenvalue weighted by molar-refractivity contribution is 5.85. The number of hydrogen-bond acceptors (Lipinski definition) is 3. The standard InChI is InChI=1S/C16H20N2O.ClH/c17-12-4-7-16(18)13-8-10-15(11-9-13)19-14-5-2-1-3-6-14;/h1-3,5-6,8-11,16H,4,7,12,17-18H2;1H/t16-;/m0./s1. The van der Waals surface area contributed by atoms with Crippen LogP contribution in [0.15, 0.2) is 54.6 Å². The van der Waals surface area contributed by atoms with Gasteiger partial charge in [0.2, 0.25) is 0 Å². The van der Waals surface area contributed by atoms with E-state index in [9.17, 15) is 0 Å². The minimum Gasteiger partial charge on any atom is -0.457 e. The molecule has 0 aliphatic heterocycles. The Balaban J connectivity index is 0.00000200. The molecule has 0 aliphatic rings. The van der Waals surface area contributed by atoms with Crippen molar-refractivity contribution in [1.82, 2.24) is 0 Å². The number of halogens is 1. The van der Waals surface area contributed by atoms with Crippen LogP contribution in [0.4, 0.5) is 0 Å². The van der Waals surface area contributed by atoms with Crippen LogP contribution in [-0.4, -0.2) is 6.54 Å². The van der Waals surface area contributed by atoms with Gasteiger partial charge in [-0.05, 0) is 49.2 Å². The molecule has 4 heteroatoms. The summed E-state index contributed by atoms with van der Waals surface area (Å²) < 4.78 is 5.73. The van der Waals surface area contributed by atoms with Crippen molar-refractivity contribution < 1.29 is 4.74 Å². The van der Waals surface area contributed by atoms with Crippen molar-refractivity contribution in [2.24, 2.45) is 11.5 Å². The molecule has 0 spiro atoms. The molecule has 2 rings (SSSR count). The molecule has 0 fully saturated rings. The van der Waals surface area contributed by atoms with Gasteiger partial charge in [-0.3, -0.25) is 0 Å². The minimum atomic E-state index is 0. The predicted molar refractivity (Wildman–Crippen MR) is 85.4 cm³/mol. The molecule has 0 heterocycles. The van der Waals surface area contributed by atoms with E-state index >= 15 is 0 Å². The van der Waals surface area contributed by atoms with Gasteiger partial charge in [0.05, 0.1) is 0 Å². The highest BCUT2D eigenvalue weighted by Crippen LogP contribution is 2.23. The van der Waals surface area contributed by atoms with Gasteiger partial charge in [0.15, 0.2) is 0 Å². The molecule has 0 unspecified atom stereocenters. The van der Waals surface area contributed by atoms with Crippen LogP contribution < -0.4 is 16.2 Å². The molecule has 0 bridgehead atoms. The van der Waals surface area contributed by atoms with Crippen LogP contribution in [0.1, 0.15) is 24.4 Å². The summed E-state index contributed by atoms with van der Waals surface area (Å²) in [4.78, 5) is 0. The smallest absolute Gasteiger partial charge is 0.127 e. The highest BCUT2D eigenvalue weighted by atomic mass is 35.5. The fraction of sp³-hybridized carbons (Fsp3) is 0.250. The second-order valence-corrected chi connectivity index (χ2v) is 4.52. The normalized spacial score (nSPS) is 11.5. The van der Waals surface area contributed by atoms with E-state index in [1.165, 1.54) is 0 Å². The summed E-state index contributed by atoms with van der Waals surface area (Å²) in [6, 6.07) is 17.7. The molecule has 0 radical (unpaired) electrons. The van der Waals surface area contributed by atoms with E-state index in [0.29, 0.717) is 6.54 Å². The number of hydrogen-bond donors (Lipinski definition) is 2. The van der Waals surface area contributed by atoms with E-state index in [0.717, 1.165) is 29.9 Å². The summed E-state index contributed by atoms with van der Waals surface area (Å²) >= 11 is 0. The molecule has 0 saturated carbocycles. The summed E-state index contributed by atoms with van der Waals surface area (Å²) in [5.41, 5.74) is 12.7. The van der Waals surface area contributed by atoms with Gasteiger partial charge in [-0.2, -0.15) is 0 Å². The van der Waals surface area contributed by atoms with Crippen molar-refractivity contribution in [3.63, 3.8) is 0 Å². The van der Waals surface area contributed by atoms with Crippen molar-refractivity contribution in [1.29, 1.82) is 0 Å². The molecule has 0 saturated heterocycles. The molecule has 0 amide bonds. The van der Waals surface area contributed by atoms with Gasteiger partial charge in [0, 0.05) is 6.04 Å². The molecular formula is C16H21ClN2O. The lowest BCUT2D eigenvalue weighted by molar-refractivity contribution is 0.482. The predicted octanol–water partition coefficient (Wildman–Crippen LogP) is 3.64. The average molecular weight is 293 g/mol. The van der Waals surface area contributed by atoms with Gasteiger partial charge in [-0.25, -0.2) is 0 Å². The molecule has 0 aliphatic carbocycles. The lowest BCUT2D eigenvalue weighted by Crippen LogP contribution is -2.12. The van der Waals surface area contributed by atoms with Crippen LogP contribution in [0.2, 0.25) is 0 Å². The number of benzene rings is 2. The van der Waals surface area contributed by atoms with Crippen molar-refractivity contribution in [3.8, 4) is 11.5 Å². The lowest BCUT2D eigenvalue weighted by atomic mass is 10.0. The van der Waals surface area contributed by atoms with Crippen LogP contribution in [0.3, 0.4) is 0 Å². The largest absolute Gasteiger partial charge is 0.457 e. The Morgan fingerprint density at radius 2 is 1.50 bits per heavy atom. The fourth-order valence-electron chi connectivity index (χ4n) is 1.91. The summed E-state index contributed by atoms with van der Waals surface area (Å²) in [5.74, 6) is 1.66. The van der Waals surface area contributed by atoms with Gasteiger partial charge < -0.3 is 16.2 Å². The zero-order valence-electron chi connectivity index (χ0n) is 11.4. The first-order valence-electron chi connectivity index (χ1n) is 6.58. The Hall–Kier alpha value is -1.55.